The number of nitrogens with one attached hydrogen (secondary N) is 1. The molecule has 1 saturated heterocycles. The Bertz CT molecular complexity index is 546. The van der Waals surface area contributed by atoms with Gasteiger partial charge in [0, 0.05) is 43.5 Å². The molecule has 24 heavy (non-hydrogen) atoms. The minimum absolute atomic E-state index is 0.00633. The normalized spacial score (nSPS) is 25.9. The number of hydrogen-bond donors (Lipinski definition) is 2. The summed E-state index contributed by atoms with van der Waals surface area (Å²) < 4.78 is 0. The number of rotatable bonds is 5. The Hall–Kier alpha value is -1.59. The van der Waals surface area contributed by atoms with E-state index < -0.39 is 0 Å². The lowest BCUT2D eigenvalue weighted by Crippen LogP contribution is -2.46. The second kappa shape index (κ2) is 7.53. The number of nitrogens with zero attached hydrogens (tertiary/aromatic N) is 2. The molecule has 0 aromatic heterocycles. The van der Waals surface area contributed by atoms with E-state index in [9.17, 15) is 9.90 Å². The molecule has 1 heterocycles. The second-order valence-electron chi connectivity index (χ2n) is 7.21. The van der Waals surface area contributed by atoms with Crippen LogP contribution in [0.2, 0.25) is 0 Å². The molecule has 1 saturated carbocycles. The summed E-state index contributed by atoms with van der Waals surface area (Å²) in [5.74, 6) is 0.409. The van der Waals surface area contributed by atoms with Gasteiger partial charge in [0.1, 0.15) is 0 Å². The fourth-order valence-corrected chi connectivity index (χ4v) is 3.65. The molecule has 2 N–H and O–H groups in total. The van der Waals surface area contributed by atoms with Crippen LogP contribution in [0.1, 0.15) is 36.5 Å². The van der Waals surface area contributed by atoms with Gasteiger partial charge in [0.05, 0.1) is 6.10 Å². The van der Waals surface area contributed by atoms with Crippen molar-refractivity contribution in [3.8, 4) is 0 Å². The summed E-state index contributed by atoms with van der Waals surface area (Å²) >= 11 is 0. The molecule has 5 nitrogen and oxygen atoms in total. The average Bonchev–Trinajstić information content (AvgIpc) is 2.58. The van der Waals surface area contributed by atoms with Crippen molar-refractivity contribution in [2.24, 2.45) is 5.92 Å². The topological polar surface area (TPSA) is 55.8 Å². The van der Waals surface area contributed by atoms with Gasteiger partial charge in [-0.15, -0.1) is 0 Å². The van der Waals surface area contributed by atoms with Gasteiger partial charge in [0.2, 0.25) is 0 Å². The minimum atomic E-state index is -0.177. The van der Waals surface area contributed by atoms with Crippen LogP contribution >= 0.6 is 0 Å². The number of carbonyl (C=O) groups is 1. The lowest BCUT2D eigenvalue weighted by molar-refractivity contribution is 0.0232. The molecule has 1 aromatic carbocycles. The van der Waals surface area contributed by atoms with Crippen LogP contribution < -0.4 is 10.2 Å². The van der Waals surface area contributed by atoms with Crippen LogP contribution in [0.3, 0.4) is 0 Å². The maximum absolute atomic E-state index is 12.5. The first kappa shape index (κ1) is 17.2. The third kappa shape index (κ3) is 3.90. The molecule has 1 aromatic rings. The van der Waals surface area contributed by atoms with Crippen molar-refractivity contribution in [3.63, 3.8) is 0 Å². The minimum Gasteiger partial charge on any atom is -0.393 e. The zero-order valence-electron chi connectivity index (χ0n) is 14.7. The van der Waals surface area contributed by atoms with Crippen molar-refractivity contribution in [2.45, 2.75) is 38.3 Å². The average molecular weight is 331 g/mol. The largest absolute Gasteiger partial charge is 0.393 e. The van der Waals surface area contributed by atoms with Crippen molar-refractivity contribution in [2.75, 3.05) is 38.1 Å². The highest BCUT2D eigenvalue weighted by molar-refractivity contribution is 5.94. The molecule has 2 aliphatic rings. The first-order valence-electron chi connectivity index (χ1n) is 9.09. The molecule has 3 rings (SSSR count). The molecule has 1 atom stereocenters. The summed E-state index contributed by atoms with van der Waals surface area (Å²) in [6.07, 6.45) is 2.34. The molecule has 0 bridgehead atoms. The van der Waals surface area contributed by atoms with Gasteiger partial charge in [-0.25, -0.2) is 0 Å². The number of carbonyl (C=O) groups excluding carboxylic acids is 1. The molecular weight excluding hydrogens is 302 g/mol. The summed E-state index contributed by atoms with van der Waals surface area (Å²) in [6.45, 7) is 6.31. The van der Waals surface area contributed by atoms with Gasteiger partial charge in [0.25, 0.3) is 5.91 Å². The van der Waals surface area contributed by atoms with Gasteiger partial charge in [-0.1, -0.05) is 6.92 Å². The predicted molar refractivity (Wildman–Crippen MR) is 96.4 cm³/mol. The molecule has 0 radical (unpaired) electrons. The van der Waals surface area contributed by atoms with Crippen LogP contribution in [-0.2, 0) is 0 Å². The van der Waals surface area contributed by atoms with Crippen LogP contribution in [0.25, 0.3) is 0 Å². The number of benzene rings is 1. The molecule has 1 unspecified atom stereocenters. The monoisotopic (exact) mass is 331 g/mol. The molecule has 2 fully saturated rings. The summed E-state index contributed by atoms with van der Waals surface area (Å²) in [6, 6.07) is 8.11. The number of hydrogen-bond acceptors (Lipinski definition) is 4. The van der Waals surface area contributed by atoms with Crippen LogP contribution in [-0.4, -0.2) is 61.3 Å². The quantitative estimate of drug-likeness (QED) is 0.863. The molecule has 1 amide bonds. The van der Waals surface area contributed by atoms with Crippen molar-refractivity contribution in [3.05, 3.63) is 29.8 Å². The Labute approximate surface area is 144 Å². The maximum atomic E-state index is 12.5. The molecular formula is C19H29N3O2. The number of aliphatic hydroxyl groups excluding tert-OH is 1. The highest BCUT2D eigenvalue weighted by Crippen LogP contribution is 2.31. The van der Waals surface area contributed by atoms with Gasteiger partial charge in [-0.05, 0) is 56.5 Å². The first-order valence-corrected chi connectivity index (χ1v) is 9.09. The number of aliphatic hydroxyl groups is 1. The lowest BCUT2D eigenvalue weighted by atomic mass is 9.76. The highest BCUT2D eigenvalue weighted by atomic mass is 16.3. The molecule has 1 aliphatic carbocycles. The maximum Gasteiger partial charge on any atom is 0.251 e. The second-order valence-corrected chi connectivity index (χ2v) is 7.21. The van der Waals surface area contributed by atoms with Crippen molar-refractivity contribution < 1.29 is 9.90 Å². The molecule has 1 aliphatic heterocycles. The Kier molecular flexibility index (Phi) is 5.41. The van der Waals surface area contributed by atoms with Gasteiger partial charge in [-0.3, -0.25) is 4.79 Å². The Morgan fingerprint density at radius 1 is 1.21 bits per heavy atom. The van der Waals surface area contributed by atoms with Gasteiger partial charge < -0.3 is 20.2 Å². The zero-order valence-corrected chi connectivity index (χ0v) is 14.7. The van der Waals surface area contributed by atoms with E-state index in [-0.39, 0.29) is 18.1 Å². The van der Waals surface area contributed by atoms with Crippen molar-refractivity contribution >= 4 is 11.6 Å². The Morgan fingerprint density at radius 3 is 2.38 bits per heavy atom. The lowest BCUT2D eigenvalue weighted by Gasteiger charge is -2.37. The predicted octanol–water partition coefficient (Wildman–Crippen LogP) is 1.72. The third-order valence-electron chi connectivity index (χ3n) is 5.47. The number of piperazine rings is 1. The van der Waals surface area contributed by atoms with E-state index in [1.54, 1.807) is 0 Å². The smallest absolute Gasteiger partial charge is 0.251 e. The first-order chi connectivity index (χ1) is 11.6. The van der Waals surface area contributed by atoms with Crippen LogP contribution in [0.5, 0.6) is 0 Å². The van der Waals surface area contributed by atoms with E-state index in [1.807, 2.05) is 24.3 Å². The van der Waals surface area contributed by atoms with Gasteiger partial charge >= 0.3 is 0 Å². The Morgan fingerprint density at radius 2 is 1.83 bits per heavy atom. The standard InChI is InChI=1S/C19H29N3O2/c1-3-18(15-12-17(23)13-15)20-19(24)14-4-6-16(7-5-14)22-10-8-21(2)9-11-22/h4-7,15,17-18,23H,3,8-13H2,1-2H3,(H,20,24). The Balaban J connectivity index is 1.57. The summed E-state index contributed by atoms with van der Waals surface area (Å²) in [5, 5.41) is 12.6. The fraction of sp³-hybridized carbons (Fsp3) is 0.632. The number of likely N-dealkylation sites (N-methyl/N-ethyl adjacent to an activating group) is 1. The fourth-order valence-electron chi connectivity index (χ4n) is 3.65. The number of anilines is 1. The van der Waals surface area contributed by atoms with Crippen LogP contribution in [0.15, 0.2) is 24.3 Å². The SMILES string of the molecule is CCC(NC(=O)c1ccc(N2CCN(C)CC2)cc1)C1CC(O)C1. The van der Waals surface area contributed by atoms with E-state index in [1.165, 1.54) is 5.69 Å². The van der Waals surface area contributed by atoms with Crippen LogP contribution in [0.4, 0.5) is 5.69 Å². The van der Waals surface area contributed by atoms with Gasteiger partial charge in [0.15, 0.2) is 0 Å². The number of amides is 1. The van der Waals surface area contributed by atoms with E-state index in [4.69, 9.17) is 0 Å². The van der Waals surface area contributed by atoms with E-state index >= 15 is 0 Å². The van der Waals surface area contributed by atoms with Gasteiger partial charge in [-0.2, -0.15) is 0 Å². The molecule has 5 heteroatoms. The summed E-state index contributed by atoms with van der Waals surface area (Å²) in [7, 11) is 2.15. The van der Waals surface area contributed by atoms with Crippen LogP contribution in [0, 0.1) is 5.92 Å². The van der Waals surface area contributed by atoms with Crippen molar-refractivity contribution in [1.82, 2.24) is 10.2 Å². The molecule has 0 spiro atoms. The highest BCUT2D eigenvalue weighted by Gasteiger charge is 2.33. The third-order valence-corrected chi connectivity index (χ3v) is 5.47. The van der Waals surface area contributed by atoms with E-state index in [0.29, 0.717) is 11.5 Å². The summed E-state index contributed by atoms with van der Waals surface area (Å²) in [5.41, 5.74) is 1.90. The molecule has 132 valence electrons. The van der Waals surface area contributed by atoms with E-state index in [2.05, 4.69) is 29.1 Å². The zero-order chi connectivity index (χ0) is 17.1. The summed E-state index contributed by atoms with van der Waals surface area (Å²) in [4.78, 5) is 17.2. The van der Waals surface area contributed by atoms with E-state index in [0.717, 1.165) is 45.4 Å². The van der Waals surface area contributed by atoms with Crippen molar-refractivity contribution in [1.29, 1.82) is 0 Å².